The maximum atomic E-state index is 11.2. The second-order valence-corrected chi connectivity index (χ2v) is 7.16. The van der Waals surface area contributed by atoms with Crippen LogP contribution in [0.25, 0.3) is 0 Å². The van der Waals surface area contributed by atoms with Gasteiger partial charge in [-0.05, 0) is 36.5 Å². The van der Waals surface area contributed by atoms with Gasteiger partial charge in [-0.15, -0.1) is 0 Å². The van der Waals surface area contributed by atoms with E-state index in [2.05, 4.69) is 27.7 Å². The zero-order chi connectivity index (χ0) is 13.6. The Morgan fingerprint density at radius 1 is 0.722 bits per heavy atom. The van der Waals surface area contributed by atoms with Crippen LogP contribution in [0.4, 0.5) is 0 Å². The molecule has 0 radical (unpaired) electrons. The van der Waals surface area contributed by atoms with E-state index in [9.17, 15) is 10.2 Å². The van der Waals surface area contributed by atoms with Gasteiger partial charge in [0.1, 0.15) is 0 Å². The lowest BCUT2D eigenvalue weighted by atomic mass is 9.55. The van der Waals surface area contributed by atoms with Gasteiger partial charge in [-0.25, -0.2) is 0 Å². The number of aliphatic hydroxyl groups is 2. The molecule has 0 aromatic heterocycles. The Morgan fingerprint density at radius 2 is 1.06 bits per heavy atom. The Morgan fingerprint density at radius 3 is 1.39 bits per heavy atom. The summed E-state index contributed by atoms with van der Waals surface area (Å²) in [6.07, 6.45) is 6.00. The van der Waals surface area contributed by atoms with E-state index < -0.39 is 11.2 Å². The monoisotopic (exact) mass is 254 g/mol. The Kier molecular flexibility index (Phi) is 3.81. The van der Waals surface area contributed by atoms with Gasteiger partial charge >= 0.3 is 0 Å². The molecular weight excluding hydrogens is 224 g/mol. The molecule has 2 aliphatic carbocycles. The quantitative estimate of drug-likeness (QED) is 0.753. The van der Waals surface area contributed by atoms with E-state index in [1.54, 1.807) is 0 Å². The molecular formula is C16H30O2. The Hall–Kier alpha value is -0.0800. The topological polar surface area (TPSA) is 40.5 Å². The van der Waals surface area contributed by atoms with E-state index in [0.29, 0.717) is 11.8 Å². The number of hydrogen-bond donors (Lipinski definition) is 2. The molecule has 0 aliphatic heterocycles. The minimum Gasteiger partial charge on any atom is -0.387 e. The van der Waals surface area contributed by atoms with Crippen molar-refractivity contribution in [3.63, 3.8) is 0 Å². The van der Waals surface area contributed by atoms with E-state index >= 15 is 0 Å². The zero-order valence-electron chi connectivity index (χ0n) is 12.4. The van der Waals surface area contributed by atoms with Crippen LogP contribution < -0.4 is 0 Å². The summed E-state index contributed by atoms with van der Waals surface area (Å²) in [6, 6.07) is 0. The van der Waals surface area contributed by atoms with E-state index in [1.165, 1.54) is 12.8 Å². The smallest absolute Gasteiger partial charge is 0.0963 e. The van der Waals surface area contributed by atoms with E-state index in [1.807, 2.05) is 0 Å². The summed E-state index contributed by atoms with van der Waals surface area (Å²) < 4.78 is 0. The standard InChI is InChI=1S/C16H30O2/c1-11-7-5-9-15(17,13(11)3)16(18)10-6-8-12(2)14(16)4/h11-14,17-18H,5-10H2,1-4H3. The first kappa shape index (κ1) is 14.3. The highest BCUT2D eigenvalue weighted by atomic mass is 16.4. The first-order chi connectivity index (χ1) is 8.33. The molecule has 2 rings (SSSR count). The first-order valence-electron chi connectivity index (χ1n) is 7.77. The van der Waals surface area contributed by atoms with Gasteiger partial charge in [0, 0.05) is 0 Å². The average Bonchev–Trinajstić information content (AvgIpc) is 2.33. The minimum absolute atomic E-state index is 0.198. The highest BCUT2D eigenvalue weighted by molar-refractivity contribution is 5.09. The van der Waals surface area contributed by atoms with Gasteiger partial charge in [0.2, 0.25) is 0 Å². The minimum atomic E-state index is -0.876. The summed E-state index contributed by atoms with van der Waals surface area (Å²) in [5.74, 6) is 1.42. The first-order valence-corrected chi connectivity index (χ1v) is 7.77. The maximum absolute atomic E-state index is 11.2. The van der Waals surface area contributed by atoms with Gasteiger partial charge in [0.15, 0.2) is 0 Å². The third kappa shape index (κ3) is 1.92. The van der Waals surface area contributed by atoms with Crippen molar-refractivity contribution in [1.82, 2.24) is 0 Å². The maximum Gasteiger partial charge on any atom is 0.0963 e. The summed E-state index contributed by atoms with van der Waals surface area (Å²) in [7, 11) is 0. The molecule has 106 valence electrons. The van der Waals surface area contributed by atoms with E-state index in [-0.39, 0.29) is 11.8 Å². The van der Waals surface area contributed by atoms with Gasteiger partial charge in [-0.2, -0.15) is 0 Å². The molecule has 0 aromatic carbocycles. The second kappa shape index (κ2) is 4.79. The molecule has 6 atom stereocenters. The van der Waals surface area contributed by atoms with Gasteiger partial charge in [-0.1, -0.05) is 53.4 Å². The second-order valence-electron chi connectivity index (χ2n) is 7.16. The Labute approximate surface area is 112 Å². The molecule has 2 fully saturated rings. The van der Waals surface area contributed by atoms with Gasteiger partial charge in [-0.3, -0.25) is 0 Å². The fourth-order valence-corrected chi connectivity index (χ4v) is 4.51. The molecule has 2 heteroatoms. The van der Waals surface area contributed by atoms with Crippen LogP contribution in [0.2, 0.25) is 0 Å². The van der Waals surface area contributed by atoms with Crippen LogP contribution in [0.3, 0.4) is 0 Å². The molecule has 0 aromatic rings. The lowest BCUT2D eigenvalue weighted by Gasteiger charge is -2.57. The molecule has 0 bridgehead atoms. The van der Waals surface area contributed by atoms with Gasteiger partial charge in [0.05, 0.1) is 11.2 Å². The van der Waals surface area contributed by atoms with Crippen LogP contribution in [0.15, 0.2) is 0 Å². The van der Waals surface area contributed by atoms with Crippen molar-refractivity contribution in [2.45, 2.75) is 77.4 Å². The van der Waals surface area contributed by atoms with Crippen LogP contribution in [0, 0.1) is 23.7 Å². The van der Waals surface area contributed by atoms with Crippen molar-refractivity contribution in [2.75, 3.05) is 0 Å². The average molecular weight is 254 g/mol. The van der Waals surface area contributed by atoms with Crippen LogP contribution >= 0.6 is 0 Å². The molecule has 2 saturated carbocycles. The van der Waals surface area contributed by atoms with Crippen molar-refractivity contribution >= 4 is 0 Å². The van der Waals surface area contributed by atoms with Crippen molar-refractivity contribution in [3.05, 3.63) is 0 Å². The molecule has 0 spiro atoms. The lowest BCUT2D eigenvalue weighted by Crippen LogP contribution is -2.65. The normalized spacial score (nSPS) is 54.3. The molecule has 0 heterocycles. The fourth-order valence-electron chi connectivity index (χ4n) is 4.51. The zero-order valence-corrected chi connectivity index (χ0v) is 12.4. The largest absolute Gasteiger partial charge is 0.387 e. The highest BCUT2D eigenvalue weighted by Gasteiger charge is 2.58. The Balaban J connectivity index is 2.31. The predicted molar refractivity (Wildman–Crippen MR) is 74.3 cm³/mol. The predicted octanol–water partition coefficient (Wildman–Crippen LogP) is 3.36. The SMILES string of the molecule is CC1CCCC(O)(C2(O)CCCC(C)C2C)C1C. The molecule has 18 heavy (non-hydrogen) atoms. The van der Waals surface area contributed by atoms with E-state index in [0.717, 1.165) is 25.7 Å². The van der Waals surface area contributed by atoms with Crippen molar-refractivity contribution in [3.8, 4) is 0 Å². The summed E-state index contributed by atoms with van der Waals surface area (Å²) in [6.45, 7) is 8.70. The van der Waals surface area contributed by atoms with Crippen LogP contribution in [0.5, 0.6) is 0 Å². The molecule has 2 N–H and O–H groups in total. The summed E-state index contributed by atoms with van der Waals surface area (Å²) in [5.41, 5.74) is -1.75. The van der Waals surface area contributed by atoms with E-state index in [4.69, 9.17) is 0 Å². The summed E-state index contributed by atoms with van der Waals surface area (Å²) >= 11 is 0. The lowest BCUT2D eigenvalue weighted by molar-refractivity contribution is -0.241. The van der Waals surface area contributed by atoms with Crippen molar-refractivity contribution < 1.29 is 10.2 Å². The van der Waals surface area contributed by atoms with Crippen LogP contribution in [0.1, 0.15) is 66.2 Å². The molecule has 2 aliphatic rings. The third-order valence-electron chi connectivity index (χ3n) is 6.40. The van der Waals surface area contributed by atoms with Gasteiger partial charge < -0.3 is 10.2 Å². The highest BCUT2D eigenvalue weighted by Crippen LogP contribution is 2.52. The van der Waals surface area contributed by atoms with Crippen LogP contribution in [-0.2, 0) is 0 Å². The number of hydrogen-bond acceptors (Lipinski definition) is 2. The van der Waals surface area contributed by atoms with Crippen molar-refractivity contribution in [1.29, 1.82) is 0 Å². The third-order valence-corrected chi connectivity index (χ3v) is 6.40. The Bertz CT molecular complexity index is 273. The molecule has 2 nitrogen and oxygen atoms in total. The van der Waals surface area contributed by atoms with Crippen molar-refractivity contribution in [2.24, 2.45) is 23.7 Å². The summed E-state index contributed by atoms with van der Waals surface area (Å²) in [5, 5.41) is 22.5. The molecule has 0 saturated heterocycles. The summed E-state index contributed by atoms with van der Waals surface area (Å²) in [4.78, 5) is 0. The van der Waals surface area contributed by atoms with Gasteiger partial charge in [0.25, 0.3) is 0 Å². The fraction of sp³-hybridized carbons (Fsp3) is 1.00. The molecule has 6 unspecified atom stereocenters. The number of rotatable bonds is 1. The molecule has 0 amide bonds. The van der Waals surface area contributed by atoms with Crippen LogP contribution in [-0.4, -0.2) is 21.4 Å².